The predicted octanol–water partition coefficient (Wildman–Crippen LogP) is 0.874. The molecule has 1 heterocycles. The molecule has 0 fully saturated rings. The van der Waals surface area contributed by atoms with Gasteiger partial charge in [0.15, 0.2) is 0 Å². The van der Waals surface area contributed by atoms with Crippen molar-refractivity contribution in [3.63, 3.8) is 0 Å². The van der Waals surface area contributed by atoms with Crippen molar-refractivity contribution in [1.29, 1.82) is 0 Å². The highest BCUT2D eigenvalue weighted by Gasteiger charge is 2.23. The quantitative estimate of drug-likeness (QED) is 0.773. The van der Waals surface area contributed by atoms with E-state index in [-0.39, 0.29) is 13.0 Å². The summed E-state index contributed by atoms with van der Waals surface area (Å²) in [5.74, 6) is -1.01. The second-order valence-electron chi connectivity index (χ2n) is 4.12. The van der Waals surface area contributed by atoms with Crippen LogP contribution < -0.4 is 0 Å². The lowest BCUT2D eigenvalue weighted by Gasteiger charge is -2.23. The van der Waals surface area contributed by atoms with E-state index in [2.05, 4.69) is 0 Å². The zero-order chi connectivity index (χ0) is 14.5. The maximum Gasteiger partial charge on any atom is 0.304 e. The SMILES string of the molecule is CN(CCC(=O)O)S(=O)(=O)N(C)CCc1cccs1. The van der Waals surface area contributed by atoms with Gasteiger partial charge in [0, 0.05) is 32.1 Å². The van der Waals surface area contributed by atoms with Crippen LogP contribution in [0.2, 0.25) is 0 Å². The summed E-state index contributed by atoms with van der Waals surface area (Å²) < 4.78 is 26.4. The summed E-state index contributed by atoms with van der Waals surface area (Å²) in [5, 5.41) is 10.5. The number of hydrogen-bond acceptors (Lipinski definition) is 4. The van der Waals surface area contributed by atoms with Gasteiger partial charge in [-0.2, -0.15) is 17.0 Å². The van der Waals surface area contributed by atoms with Crippen molar-refractivity contribution in [2.24, 2.45) is 0 Å². The smallest absolute Gasteiger partial charge is 0.304 e. The number of thiophene rings is 1. The molecule has 1 aromatic heterocycles. The summed E-state index contributed by atoms with van der Waals surface area (Å²) in [6.07, 6.45) is 0.453. The number of aliphatic carboxylic acids is 1. The van der Waals surface area contributed by atoms with Crippen molar-refractivity contribution in [2.45, 2.75) is 12.8 Å². The molecule has 0 spiro atoms. The van der Waals surface area contributed by atoms with Crippen molar-refractivity contribution in [3.8, 4) is 0 Å². The van der Waals surface area contributed by atoms with Crippen LogP contribution in [-0.2, 0) is 21.4 Å². The van der Waals surface area contributed by atoms with E-state index in [4.69, 9.17) is 5.11 Å². The first-order chi connectivity index (χ1) is 8.84. The molecule has 0 aliphatic carbocycles. The van der Waals surface area contributed by atoms with E-state index in [0.717, 1.165) is 9.18 Å². The largest absolute Gasteiger partial charge is 0.481 e. The molecule has 0 unspecified atom stereocenters. The minimum Gasteiger partial charge on any atom is -0.481 e. The zero-order valence-corrected chi connectivity index (χ0v) is 12.6. The van der Waals surface area contributed by atoms with E-state index in [1.807, 2.05) is 17.5 Å². The van der Waals surface area contributed by atoms with E-state index in [0.29, 0.717) is 13.0 Å². The van der Waals surface area contributed by atoms with Crippen molar-refractivity contribution in [2.75, 3.05) is 27.2 Å². The molecule has 19 heavy (non-hydrogen) atoms. The number of carboxylic acids is 1. The molecule has 0 amide bonds. The lowest BCUT2D eigenvalue weighted by Crippen LogP contribution is -2.41. The molecule has 0 bridgehead atoms. The lowest BCUT2D eigenvalue weighted by atomic mass is 10.3. The highest BCUT2D eigenvalue weighted by Crippen LogP contribution is 2.11. The monoisotopic (exact) mass is 306 g/mol. The van der Waals surface area contributed by atoms with Crippen LogP contribution in [0.25, 0.3) is 0 Å². The Balaban J connectivity index is 2.52. The molecule has 8 heteroatoms. The summed E-state index contributed by atoms with van der Waals surface area (Å²) >= 11 is 1.59. The number of hydrogen-bond donors (Lipinski definition) is 1. The zero-order valence-electron chi connectivity index (χ0n) is 10.9. The van der Waals surface area contributed by atoms with Gasteiger partial charge in [0.05, 0.1) is 6.42 Å². The number of rotatable bonds is 8. The van der Waals surface area contributed by atoms with Crippen LogP contribution in [0.1, 0.15) is 11.3 Å². The van der Waals surface area contributed by atoms with Crippen molar-refractivity contribution in [1.82, 2.24) is 8.61 Å². The molecule has 1 N–H and O–H groups in total. The average Bonchev–Trinajstić information content (AvgIpc) is 2.85. The van der Waals surface area contributed by atoms with Crippen molar-refractivity contribution < 1.29 is 18.3 Å². The molecule has 6 nitrogen and oxygen atoms in total. The minimum absolute atomic E-state index is 0.0268. The Morgan fingerprint density at radius 2 is 1.95 bits per heavy atom. The van der Waals surface area contributed by atoms with Gasteiger partial charge in [0.1, 0.15) is 0 Å². The standard InChI is InChI=1S/C11H18N2O4S2/c1-12(7-5-10-4-3-9-18-10)19(16,17)13(2)8-6-11(14)15/h3-4,9H,5-8H2,1-2H3,(H,14,15). The van der Waals surface area contributed by atoms with Gasteiger partial charge < -0.3 is 5.11 Å². The Kier molecular flexibility index (Phi) is 5.92. The molecule has 0 saturated heterocycles. The van der Waals surface area contributed by atoms with Crippen molar-refractivity contribution in [3.05, 3.63) is 22.4 Å². The highest BCUT2D eigenvalue weighted by molar-refractivity contribution is 7.86. The molecule has 0 aliphatic heterocycles. The summed E-state index contributed by atoms with van der Waals surface area (Å²) in [6.45, 7) is 0.348. The van der Waals surface area contributed by atoms with E-state index >= 15 is 0 Å². The van der Waals surface area contributed by atoms with Crippen LogP contribution in [-0.4, -0.2) is 55.3 Å². The highest BCUT2D eigenvalue weighted by atomic mass is 32.2. The van der Waals surface area contributed by atoms with Gasteiger partial charge in [0.25, 0.3) is 10.2 Å². The molecular weight excluding hydrogens is 288 g/mol. The number of carbonyl (C=O) groups is 1. The summed E-state index contributed by atoms with van der Waals surface area (Å²) in [6, 6.07) is 3.88. The van der Waals surface area contributed by atoms with Crippen LogP contribution >= 0.6 is 11.3 Å². The molecule has 0 atom stereocenters. The van der Waals surface area contributed by atoms with Crippen LogP contribution in [0.4, 0.5) is 0 Å². The van der Waals surface area contributed by atoms with Gasteiger partial charge >= 0.3 is 5.97 Å². The van der Waals surface area contributed by atoms with Crippen LogP contribution in [0.3, 0.4) is 0 Å². The van der Waals surface area contributed by atoms with Gasteiger partial charge in [-0.3, -0.25) is 4.79 Å². The Morgan fingerprint density at radius 1 is 1.32 bits per heavy atom. The third kappa shape index (κ3) is 4.90. The average molecular weight is 306 g/mol. The van der Waals surface area contributed by atoms with E-state index in [9.17, 15) is 13.2 Å². The Hall–Kier alpha value is -0.960. The topological polar surface area (TPSA) is 77.9 Å². The van der Waals surface area contributed by atoms with Gasteiger partial charge in [-0.1, -0.05) is 6.07 Å². The molecule has 0 saturated carbocycles. The lowest BCUT2D eigenvalue weighted by molar-refractivity contribution is -0.137. The fourth-order valence-electron chi connectivity index (χ4n) is 1.44. The fraction of sp³-hybridized carbons (Fsp3) is 0.545. The Labute approximate surface area is 117 Å². The fourth-order valence-corrected chi connectivity index (χ4v) is 3.26. The maximum absolute atomic E-state index is 12.1. The normalized spacial score (nSPS) is 12.2. The summed E-state index contributed by atoms with van der Waals surface area (Å²) in [7, 11) is -0.691. The van der Waals surface area contributed by atoms with E-state index < -0.39 is 16.2 Å². The predicted molar refractivity (Wildman–Crippen MR) is 74.5 cm³/mol. The number of carboxylic acid groups (broad SMARTS) is 1. The molecule has 0 radical (unpaired) electrons. The van der Waals surface area contributed by atoms with E-state index in [1.165, 1.54) is 18.4 Å². The van der Waals surface area contributed by atoms with Gasteiger partial charge in [0.2, 0.25) is 0 Å². The second kappa shape index (κ2) is 6.99. The number of likely N-dealkylation sites (N-methyl/N-ethyl adjacent to an activating group) is 1. The summed E-state index contributed by atoms with van der Waals surface area (Å²) in [4.78, 5) is 11.6. The maximum atomic E-state index is 12.1. The first kappa shape index (κ1) is 16.1. The molecule has 108 valence electrons. The molecule has 1 aromatic rings. The Bertz CT molecular complexity index is 499. The van der Waals surface area contributed by atoms with Crippen LogP contribution in [0.5, 0.6) is 0 Å². The first-order valence-electron chi connectivity index (χ1n) is 5.76. The Morgan fingerprint density at radius 3 is 2.47 bits per heavy atom. The van der Waals surface area contributed by atoms with Crippen molar-refractivity contribution >= 4 is 27.5 Å². The molecule has 0 aromatic carbocycles. The first-order valence-corrected chi connectivity index (χ1v) is 8.03. The third-order valence-electron chi connectivity index (χ3n) is 2.68. The molecular formula is C11H18N2O4S2. The van der Waals surface area contributed by atoms with Gasteiger partial charge in [-0.15, -0.1) is 11.3 Å². The molecule has 1 rings (SSSR count). The van der Waals surface area contributed by atoms with Gasteiger partial charge in [-0.25, -0.2) is 0 Å². The number of nitrogens with zero attached hydrogens (tertiary/aromatic N) is 2. The second-order valence-corrected chi connectivity index (χ2v) is 7.30. The van der Waals surface area contributed by atoms with E-state index in [1.54, 1.807) is 11.3 Å². The van der Waals surface area contributed by atoms with Crippen LogP contribution in [0, 0.1) is 0 Å². The molecule has 0 aliphatic rings. The van der Waals surface area contributed by atoms with Crippen LogP contribution in [0.15, 0.2) is 17.5 Å². The minimum atomic E-state index is -3.58. The third-order valence-corrected chi connectivity index (χ3v) is 5.56. The van der Waals surface area contributed by atoms with Gasteiger partial charge in [-0.05, 0) is 17.9 Å². The summed E-state index contributed by atoms with van der Waals surface area (Å²) in [5.41, 5.74) is 0.